The summed E-state index contributed by atoms with van der Waals surface area (Å²) in [7, 11) is 0. The zero-order valence-electron chi connectivity index (χ0n) is 10.6. The number of hydrogen-bond acceptors (Lipinski definition) is 4. The number of benzene rings is 1. The third-order valence-corrected chi connectivity index (χ3v) is 2.34. The number of alkyl halides is 3. The standard InChI is InChI=1S/C11H11F3N2O4/c1-6-4-9(16(18)19)7(2)3-8(6)15-10(17)20-5-11(12,13)14/h3-4H,5H2,1-2H3,(H,15,17). The molecule has 1 N–H and O–H groups in total. The van der Waals surface area contributed by atoms with Crippen molar-refractivity contribution in [2.45, 2.75) is 20.0 Å². The Balaban J connectivity index is 2.81. The number of anilines is 1. The number of nitrogens with zero attached hydrogens (tertiary/aromatic N) is 1. The zero-order valence-corrected chi connectivity index (χ0v) is 10.6. The number of hydrogen-bond donors (Lipinski definition) is 1. The lowest BCUT2D eigenvalue weighted by Gasteiger charge is -2.11. The number of amides is 1. The number of ether oxygens (including phenoxy) is 1. The lowest BCUT2D eigenvalue weighted by Crippen LogP contribution is -2.23. The molecule has 0 spiro atoms. The Labute approximate surface area is 111 Å². The highest BCUT2D eigenvalue weighted by Crippen LogP contribution is 2.26. The summed E-state index contributed by atoms with van der Waals surface area (Å²) in [6.45, 7) is 1.22. The van der Waals surface area contributed by atoms with Gasteiger partial charge in [-0.3, -0.25) is 15.4 Å². The maximum Gasteiger partial charge on any atom is 0.422 e. The summed E-state index contributed by atoms with van der Waals surface area (Å²) in [5.74, 6) is 0. The van der Waals surface area contributed by atoms with Gasteiger partial charge < -0.3 is 4.74 Å². The molecule has 6 nitrogen and oxygen atoms in total. The Morgan fingerprint density at radius 1 is 1.35 bits per heavy atom. The Morgan fingerprint density at radius 3 is 2.45 bits per heavy atom. The molecule has 0 saturated carbocycles. The van der Waals surface area contributed by atoms with Gasteiger partial charge in [-0.25, -0.2) is 4.79 Å². The smallest absolute Gasteiger partial charge is 0.422 e. The molecular formula is C11H11F3N2O4. The summed E-state index contributed by atoms with van der Waals surface area (Å²) in [5.41, 5.74) is 0.620. The van der Waals surface area contributed by atoms with Gasteiger partial charge in [-0.05, 0) is 25.5 Å². The van der Waals surface area contributed by atoms with Crippen molar-refractivity contribution in [3.05, 3.63) is 33.4 Å². The van der Waals surface area contributed by atoms with Crippen molar-refractivity contribution in [1.82, 2.24) is 0 Å². The summed E-state index contributed by atoms with van der Waals surface area (Å²) in [6, 6.07) is 2.51. The van der Waals surface area contributed by atoms with Crippen molar-refractivity contribution in [2.24, 2.45) is 0 Å². The van der Waals surface area contributed by atoms with Crippen molar-refractivity contribution in [1.29, 1.82) is 0 Å². The molecule has 20 heavy (non-hydrogen) atoms. The average Bonchev–Trinajstić information content (AvgIpc) is 2.29. The highest BCUT2D eigenvalue weighted by Gasteiger charge is 2.29. The van der Waals surface area contributed by atoms with E-state index in [0.717, 1.165) is 0 Å². The molecule has 0 aromatic heterocycles. The summed E-state index contributed by atoms with van der Waals surface area (Å²) in [4.78, 5) is 21.3. The van der Waals surface area contributed by atoms with E-state index in [2.05, 4.69) is 10.1 Å². The van der Waals surface area contributed by atoms with Gasteiger partial charge in [0.05, 0.1) is 4.92 Å². The molecule has 0 radical (unpaired) electrons. The maximum absolute atomic E-state index is 11.9. The monoisotopic (exact) mass is 292 g/mol. The van der Waals surface area contributed by atoms with Crippen LogP contribution in [0.2, 0.25) is 0 Å². The minimum absolute atomic E-state index is 0.142. The van der Waals surface area contributed by atoms with Gasteiger partial charge in [0.2, 0.25) is 0 Å². The molecule has 0 saturated heterocycles. The number of rotatable bonds is 3. The van der Waals surface area contributed by atoms with Gasteiger partial charge >= 0.3 is 12.3 Å². The van der Waals surface area contributed by atoms with E-state index in [0.29, 0.717) is 5.56 Å². The quantitative estimate of drug-likeness (QED) is 0.684. The number of halogens is 3. The first-order valence-corrected chi connectivity index (χ1v) is 5.36. The van der Waals surface area contributed by atoms with Crippen LogP contribution in [0.3, 0.4) is 0 Å². The molecule has 0 aliphatic heterocycles. The van der Waals surface area contributed by atoms with E-state index in [1.807, 2.05) is 0 Å². The van der Waals surface area contributed by atoms with Crippen LogP contribution < -0.4 is 5.32 Å². The molecule has 0 bridgehead atoms. The number of aryl methyl sites for hydroxylation is 2. The molecular weight excluding hydrogens is 281 g/mol. The molecule has 1 amide bonds. The summed E-state index contributed by atoms with van der Waals surface area (Å²) in [6.07, 6.45) is -5.89. The van der Waals surface area contributed by atoms with E-state index in [-0.39, 0.29) is 16.9 Å². The normalized spacial score (nSPS) is 11.1. The fraction of sp³-hybridized carbons (Fsp3) is 0.364. The van der Waals surface area contributed by atoms with Crippen LogP contribution in [0.4, 0.5) is 29.3 Å². The van der Waals surface area contributed by atoms with Crippen LogP contribution in [-0.2, 0) is 4.74 Å². The molecule has 0 fully saturated rings. The van der Waals surface area contributed by atoms with Gasteiger partial charge in [0.25, 0.3) is 5.69 Å². The summed E-state index contributed by atoms with van der Waals surface area (Å²) < 4.78 is 39.6. The fourth-order valence-corrected chi connectivity index (χ4v) is 1.43. The van der Waals surface area contributed by atoms with Gasteiger partial charge in [-0.1, -0.05) is 0 Å². The third-order valence-electron chi connectivity index (χ3n) is 2.34. The first-order chi connectivity index (χ1) is 9.10. The van der Waals surface area contributed by atoms with E-state index in [4.69, 9.17) is 0 Å². The van der Waals surface area contributed by atoms with E-state index in [9.17, 15) is 28.1 Å². The highest BCUT2D eigenvalue weighted by molar-refractivity contribution is 5.86. The fourth-order valence-electron chi connectivity index (χ4n) is 1.43. The number of nitro benzene ring substituents is 1. The number of carbonyl (C=O) groups is 1. The van der Waals surface area contributed by atoms with Crippen LogP contribution >= 0.6 is 0 Å². The van der Waals surface area contributed by atoms with Gasteiger partial charge in [0, 0.05) is 17.3 Å². The van der Waals surface area contributed by atoms with Crippen molar-refractivity contribution >= 4 is 17.5 Å². The third kappa shape index (κ3) is 4.41. The predicted octanol–water partition coefficient (Wildman–Crippen LogP) is 3.32. The molecule has 0 aliphatic carbocycles. The van der Waals surface area contributed by atoms with Crippen LogP contribution in [0.5, 0.6) is 0 Å². The Bertz CT molecular complexity index is 543. The van der Waals surface area contributed by atoms with E-state index in [1.165, 1.54) is 26.0 Å². The minimum Gasteiger partial charge on any atom is -0.440 e. The molecule has 110 valence electrons. The lowest BCUT2D eigenvalue weighted by molar-refractivity contribution is -0.385. The van der Waals surface area contributed by atoms with E-state index >= 15 is 0 Å². The Morgan fingerprint density at radius 2 is 1.95 bits per heavy atom. The van der Waals surface area contributed by atoms with Crippen molar-refractivity contribution < 1.29 is 27.6 Å². The van der Waals surface area contributed by atoms with Crippen LogP contribution in [0.25, 0.3) is 0 Å². The van der Waals surface area contributed by atoms with Crippen LogP contribution in [0.1, 0.15) is 11.1 Å². The van der Waals surface area contributed by atoms with Crippen LogP contribution in [-0.4, -0.2) is 23.8 Å². The molecule has 0 unspecified atom stereocenters. The van der Waals surface area contributed by atoms with E-state index < -0.39 is 23.8 Å². The second kappa shape index (κ2) is 5.76. The average molecular weight is 292 g/mol. The van der Waals surface area contributed by atoms with Gasteiger partial charge in [0.15, 0.2) is 6.61 Å². The molecule has 1 rings (SSSR count). The number of nitrogens with one attached hydrogen (secondary N) is 1. The topological polar surface area (TPSA) is 81.5 Å². The highest BCUT2D eigenvalue weighted by atomic mass is 19.4. The molecule has 9 heteroatoms. The second-order valence-corrected chi connectivity index (χ2v) is 4.03. The lowest BCUT2D eigenvalue weighted by atomic mass is 10.1. The second-order valence-electron chi connectivity index (χ2n) is 4.03. The van der Waals surface area contributed by atoms with Crippen LogP contribution in [0.15, 0.2) is 12.1 Å². The minimum atomic E-state index is -4.61. The Kier molecular flexibility index (Phi) is 4.53. The Hall–Kier alpha value is -2.32. The van der Waals surface area contributed by atoms with Crippen molar-refractivity contribution in [3.63, 3.8) is 0 Å². The molecule has 1 aromatic rings. The number of nitro groups is 1. The number of carbonyl (C=O) groups excluding carboxylic acids is 1. The van der Waals surface area contributed by atoms with Gasteiger partial charge in [-0.15, -0.1) is 0 Å². The maximum atomic E-state index is 11.9. The largest absolute Gasteiger partial charge is 0.440 e. The molecule has 0 aliphatic rings. The van der Waals surface area contributed by atoms with Gasteiger partial charge in [0.1, 0.15) is 0 Å². The van der Waals surface area contributed by atoms with Crippen molar-refractivity contribution in [3.8, 4) is 0 Å². The zero-order chi connectivity index (χ0) is 15.5. The first-order valence-electron chi connectivity index (χ1n) is 5.36. The van der Waals surface area contributed by atoms with Gasteiger partial charge in [-0.2, -0.15) is 13.2 Å². The van der Waals surface area contributed by atoms with Crippen LogP contribution in [0, 0.1) is 24.0 Å². The molecule has 0 atom stereocenters. The molecule has 1 aromatic carbocycles. The predicted molar refractivity (Wildman–Crippen MR) is 63.6 cm³/mol. The summed E-state index contributed by atoms with van der Waals surface area (Å²) in [5, 5.41) is 12.8. The SMILES string of the molecule is Cc1cc([N+](=O)[O-])c(C)cc1NC(=O)OCC(F)(F)F. The first kappa shape index (κ1) is 15.7. The summed E-state index contributed by atoms with van der Waals surface area (Å²) >= 11 is 0. The van der Waals surface area contributed by atoms with E-state index in [1.54, 1.807) is 0 Å². The molecule has 0 heterocycles. The van der Waals surface area contributed by atoms with Crippen molar-refractivity contribution in [2.75, 3.05) is 11.9 Å².